The van der Waals surface area contributed by atoms with Crippen molar-refractivity contribution in [1.82, 2.24) is 0 Å². The smallest absolute Gasteiger partial charge is 0.336 e. The van der Waals surface area contributed by atoms with Crippen molar-refractivity contribution >= 4 is 34.9 Å². The predicted molar refractivity (Wildman–Crippen MR) is 304 cm³/mol. The van der Waals surface area contributed by atoms with E-state index in [1.807, 2.05) is 36.4 Å². The molecule has 0 aliphatic rings. The molecule has 0 heterocycles. The number of ether oxygens (including phenoxy) is 8. The highest BCUT2D eigenvalue weighted by atomic mass is 16.6. The third-order valence-corrected chi connectivity index (χ3v) is 12.8. The fourth-order valence-corrected chi connectivity index (χ4v) is 8.45. The molecule has 0 aromatic heterocycles. The van der Waals surface area contributed by atoms with Gasteiger partial charge >= 0.3 is 11.9 Å². The summed E-state index contributed by atoms with van der Waals surface area (Å²) in [5.74, 6) is 3.08. The van der Waals surface area contributed by atoms with Crippen molar-refractivity contribution < 1.29 is 47.5 Å². The molecular formula is C64H92O10. The Bertz CT molecular complexity index is 2090. The van der Waals surface area contributed by atoms with Gasteiger partial charge in [-0.25, -0.2) is 9.59 Å². The molecule has 0 amide bonds. The van der Waals surface area contributed by atoms with Crippen LogP contribution in [0.15, 0.2) is 72.8 Å². The number of carbonyl (C=O) groups excluding carboxylic acids is 2. The summed E-state index contributed by atoms with van der Waals surface area (Å²) in [6.07, 6.45) is 32.0. The molecule has 4 aromatic carbocycles. The fraction of sp³-hybridized carbons (Fsp3) is 0.562. The van der Waals surface area contributed by atoms with Crippen molar-refractivity contribution in [3.05, 3.63) is 83.9 Å². The van der Waals surface area contributed by atoms with Crippen LogP contribution in [0.3, 0.4) is 0 Å². The zero-order chi connectivity index (χ0) is 52.9. The van der Waals surface area contributed by atoms with E-state index >= 15 is 0 Å². The van der Waals surface area contributed by atoms with Gasteiger partial charge in [-0.15, -0.1) is 0 Å². The molecule has 74 heavy (non-hydrogen) atoms. The molecule has 0 radical (unpaired) electrons. The molecule has 10 nitrogen and oxygen atoms in total. The molecule has 0 spiro atoms. The highest BCUT2D eigenvalue weighted by Crippen LogP contribution is 2.43. The molecule has 0 bridgehead atoms. The first-order valence-electron chi connectivity index (χ1n) is 28.8. The zero-order valence-corrected chi connectivity index (χ0v) is 46.4. The summed E-state index contributed by atoms with van der Waals surface area (Å²) < 4.78 is 50.5. The SMILES string of the molecule is CCCCCCOc1ccc(/C=C/C(=O)Oc2cccc3c(OC(=O)/C=C/c4ccc(OCCCCCC)c(OCCCCCC)c4OCCCCCC)cccc23)c(OCCCCCC)c1OCCCCCC. The van der Waals surface area contributed by atoms with Crippen molar-refractivity contribution in [3.63, 3.8) is 0 Å². The predicted octanol–water partition coefficient (Wildman–Crippen LogP) is 17.8. The van der Waals surface area contributed by atoms with Crippen LogP contribution in [0.5, 0.6) is 46.0 Å². The van der Waals surface area contributed by atoms with Gasteiger partial charge in [-0.05, 0) is 87.1 Å². The molecule has 0 aliphatic carbocycles. The third kappa shape index (κ3) is 22.5. The summed E-state index contributed by atoms with van der Waals surface area (Å²) in [4.78, 5) is 27.3. The topological polar surface area (TPSA) is 108 Å². The minimum absolute atomic E-state index is 0.330. The monoisotopic (exact) mass is 1020 g/mol. The van der Waals surface area contributed by atoms with Crippen LogP contribution in [0.2, 0.25) is 0 Å². The van der Waals surface area contributed by atoms with Crippen molar-refractivity contribution in [1.29, 1.82) is 0 Å². The second-order valence-corrected chi connectivity index (χ2v) is 19.2. The van der Waals surface area contributed by atoms with Crippen LogP contribution in [0, 0.1) is 0 Å². The number of rotatable bonds is 42. The van der Waals surface area contributed by atoms with Crippen molar-refractivity contribution in [2.75, 3.05) is 39.6 Å². The third-order valence-electron chi connectivity index (χ3n) is 12.8. The number of unbranched alkanes of at least 4 members (excludes halogenated alkanes) is 18. The maximum Gasteiger partial charge on any atom is 0.336 e. The van der Waals surface area contributed by atoms with Gasteiger partial charge in [0.05, 0.1) is 39.6 Å². The second kappa shape index (κ2) is 38.0. The van der Waals surface area contributed by atoms with Gasteiger partial charge in [-0.1, -0.05) is 181 Å². The van der Waals surface area contributed by atoms with Crippen LogP contribution < -0.4 is 37.9 Å². The summed E-state index contributed by atoms with van der Waals surface area (Å²) >= 11 is 0. The lowest BCUT2D eigenvalue weighted by atomic mass is 10.1. The van der Waals surface area contributed by atoms with E-state index in [1.165, 1.54) is 25.0 Å². The molecule has 408 valence electrons. The number of hydrogen-bond donors (Lipinski definition) is 0. The van der Waals surface area contributed by atoms with E-state index in [0.29, 0.717) is 108 Å². The van der Waals surface area contributed by atoms with Crippen LogP contribution in [-0.4, -0.2) is 51.6 Å². The Balaban J connectivity index is 1.57. The van der Waals surface area contributed by atoms with E-state index < -0.39 is 11.9 Å². The fourth-order valence-electron chi connectivity index (χ4n) is 8.45. The van der Waals surface area contributed by atoms with Crippen molar-refractivity contribution in [2.24, 2.45) is 0 Å². The first-order valence-corrected chi connectivity index (χ1v) is 28.8. The first-order chi connectivity index (χ1) is 36.4. The summed E-state index contributed by atoms with van der Waals surface area (Å²) in [5.41, 5.74) is 1.39. The van der Waals surface area contributed by atoms with Crippen molar-refractivity contribution in [3.8, 4) is 46.0 Å². The number of benzene rings is 4. The Hall–Kier alpha value is -5.64. The molecular weight excluding hydrogens is 929 g/mol. The minimum Gasteiger partial charge on any atom is -0.490 e. The molecule has 10 heteroatoms. The van der Waals surface area contributed by atoms with Crippen LogP contribution in [0.1, 0.15) is 207 Å². The van der Waals surface area contributed by atoms with Gasteiger partial charge in [0, 0.05) is 34.1 Å². The molecule has 0 N–H and O–H groups in total. The van der Waals surface area contributed by atoms with E-state index in [-0.39, 0.29) is 0 Å². The van der Waals surface area contributed by atoms with Gasteiger partial charge in [-0.2, -0.15) is 0 Å². The van der Waals surface area contributed by atoms with Crippen LogP contribution >= 0.6 is 0 Å². The lowest BCUT2D eigenvalue weighted by molar-refractivity contribution is -0.129. The molecule has 0 unspecified atom stereocenters. The Morgan fingerprint density at radius 1 is 0.324 bits per heavy atom. The molecule has 0 atom stereocenters. The highest BCUT2D eigenvalue weighted by Gasteiger charge is 2.20. The van der Waals surface area contributed by atoms with Gasteiger partial charge in [0.1, 0.15) is 11.5 Å². The van der Waals surface area contributed by atoms with Crippen LogP contribution in [0.25, 0.3) is 22.9 Å². The van der Waals surface area contributed by atoms with Crippen LogP contribution in [0.4, 0.5) is 0 Å². The average molecular weight is 1020 g/mol. The zero-order valence-electron chi connectivity index (χ0n) is 46.4. The maximum atomic E-state index is 13.7. The minimum atomic E-state index is -0.574. The summed E-state index contributed by atoms with van der Waals surface area (Å²) in [7, 11) is 0. The van der Waals surface area contributed by atoms with Gasteiger partial charge in [0.15, 0.2) is 23.0 Å². The number of fused-ring (bicyclic) bond motifs is 1. The molecule has 0 saturated carbocycles. The second-order valence-electron chi connectivity index (χ2n) is 19.2. The number of carbonyl (C=O) groups is 2. The van der Waals surface area contributed by atoms with E-state index in [4.69, 9.17) is 37.9 Å². The quantitative estimate of drug-likeness (QED) is 0.0184. The summed E-state index contributed by atoms with van der Waals surface area (Å²) in [6, 6.07) is 18.3. The van der Waals surface area contributed by atoms with Gasteiger partial charge in [0.2, 0.25) is 11.5 Å². The van der Waals surface area contributed by atoms with Crippen LogP contribution in [-0.2, 0) is 9.59 Å². The molecule has 4 rings (SSSR count). The Labute approximate surface area is 445 Å². The lowest BCUT2D eigenvalue weighted by Gasteiger charge is -2.19. The maximum absolute atomic E-state index is 13.7. The standard InChI is InChI=1S/C64H92O10/c1-7-13-19-25-45-67-57-41-37-51(61(69-47-27-21-15-9-3)63(57)71-49-29-23-17-11-5)39-43-59(65)73-55-35-31-34-54-53(55)33-32-36-56(54)74-60(66)44-40-52-38-42-58(68-46-26-20-14-8-2)64(72-50-30-24-18-12-6)62(52)70-48-28-22-16-10-4/h31-44H,7-30,45-50H2,1-6H3/b43-39+,44-40+. The molecule has 0 aliphatic heterocycles. The van der Waals surface area contributed by atoms with Gasteiger partial charge < -0.3 is 37.9 Å². The van der Waals surface area contributed by atoms with Gasteiger partial charge in [0.25, 0.3) is 0 Å². The Morgan fingerprint density at radius 2 is 0.622 bits per heavy atom. The van der Waals surface area contributed by atoms with E-state index in [9.17, 15) is 9.59 Å². The summed E-state index contributed by atoms with van der Waals surface area (Å²) in [6.45, 7) is 16.5. The normalized spacial score (nSPS) is 11.4. The molecule has 0 fully saturated rings. The highest BCUT2D eigenvalue weighted by molar-refractivity contribution is 5.99. The number of hydrogen-bond acceptors (Lipinski definition) is 10. The largest absolute Gasteiger partial charge is 0.490 e. The van der Waals surface area contributed by atoms with E-state index in [2.05, 4.69) is 41.5 Å². The van der Waals surface area contributed by atoms with E-state index in [1.54, 1.807) is 36.4 Å². The van der Waals surface area contributed by atoms with Crippen molar-refractivity contribution in [2.45, 2.75) is 196 Å². The lowest BCUT2D eigenvalue weighted by Crippen LogP contribution is -2.08. The Kier molecular flexibility index (Phi) is 31.3. The Morgan fingerprint density at radius 3 is 0.932 bits per heavy atom. The van der Waals surface area contributed by atoms with E-state index in [0.717, 1.165) is 141 Å². The van der Waals surface area contributed by atoms with Gasteiger partial charge in [-0.3, -0.25) is 0 Å². The molecule has 0 saturated heterocycles. The number of esters is 2. The average Bonchev–Trinajstić information content (AvgIpc) is 3.40. The first kappa shape index (κ1) is 60.9. The molecule has 4 aromatic rings. The summed E-state index contributed by atoms with van der Waals surface area (Å²) in [5, 5.41) is 1.23.